The maximum Gasteiger partial charge on any atom is 0.434 e. The van der Waals surface area contributed by atoms with Crippen LogP contribution in [0.2, 0.25) is 0 Å². The lowest BCUT2D eigenvalue weighted by molar-refractivity contribution is 0.102. The zero-order chi connectivity index (χ0) is 43.8. The summed E-state index contributed by atoms with van der Waals surface area (Å²) in [6.07, 6.45) is 1.57. The van der Waals surface area contributed by atoms with Crippen LogP contribution in [0.5, 0.6) is 0 Å². The summed E-state index contributed by atoms with van der Waals surface area (Å²) in [7, 11) is -6.56. The van der Waals surface area contributed by atoms with Gasteiger partial charge in [-0.2, -0.15) is 8.99 Å². The summed E-state index contributed by atoms with van der Waals surface area (Å²) >= 11 is 0. The van der Waals surface area contributed by atoms with Crippen molar-refractivity contribution in [3.8, 4) is 0 Å². The predicted molar refractivity (Wildman–Crippen MR) is 222 cm³/mol. The molecule has 2 aliphatic rings. The molecule has 1 unspecified atom stereocenters. The molecule has 0 radical (unpaired) electrons. The van der Waals surface area contributed by atoms with Crippen LogP contribution in [0.15, 0.2) is 88.9 Å². The van der Waals surface area contributed by atoms with Crippen LogP contribution in [0.3, 0.4) is 0 Å². The molecular formula is C41H44F2N8O8S2. The third kappa shape index (κ3) is 8.65. The summed E-state index contributed by atoms with van der Waals surface area (Å²) < 4.78 is 91.4. The van der Waals surface area contributed by atoms with Gasteiger partial charge in [0.2, 0.25) is 10.0 Å². The molecule has 7 rings (SSSR count). The van der Waals surface area contributed by atoms with E-state index in [-0.39, 0.29) is 64.8 Å². The van der Waals surface area contributed by atoms with E-state index in [4.69, 9.17) is 4.74 Å². The van der Waals surface area contributed by atoms with Gasteiger partial charge in [-0.1, -0.05) is 24.6 Å². The first-order valence-electron chi connectivity index (χ1n) is 19.5. The highest BCUT2D eigenvalue weighted by Crippen LogP contribution is 2.41. The van der Waals surface area contributed by atoms with E-state index in [1.165, 1.54) is 36.7 Å². The Morgan fingerprint density at radius 1 is 0.820 bits per heavy atom. The summed E-state index contributed by atoms with van der Waals surface area (Å²) in [6, 6.07) is 13.4. The molecule has 2 aliphatic heterocycles. The SMILES string of the molecule is CCOC(=O)n1nc(NC(=O)c2ccc(N3CCN(C)CC3)cc2NC(=O)c2ccn(S(=O)(=O)c3ccc(C)cc3)c2)c2c1CCN(S(=O)(=O)c1cc(F)cc(F)c1)C2CC. The minimum absolute atomic E-state index is 0.0119. The average molecular weight is 879 g/mol. The Labute approximate surface area is 351 Å². The third-order valence-corrected chi connectivity index (χ3v) is 14.2. The Bertz CT molecular complexity index is 2710. The standard InChI is InChI=1S/C41H44F2N8O8S2/c1-5-35-37-36(14-16-50(35)61(57,58)32-22-28(42)21-29(43)23-32)51(41(54)59-6-2)46-38(37)45-40(53)33-12-9-30(48-19-17-47(4)18-20-48)24-34(33)44-39(52)27-13-15-49(25-27)60(55,56)31-10-7-26(3)8-11-31/h7-13,15,21-25,35H,5-6,14,16-20H2,1-4H3,(H,44,52)(H,45,46,53). The first-order valence-corrected chi connectivity index (χ1v) is 22.4. The molecule has 16 nitrogen and oxygen atoms in total. The maximum atomic E-state index is 14.4. The normalized spacial score (nSPS) is 16.2. The number of rotatable bonds is 11. The predicted octanol–water partition coefficient (Wildman–Crippen LogP) is 5.47. The van der Waals surface area contributed by atoms with Crippen LogP contribution in [-0.2, 0) is 31.2 Å². The van der Waals surface area contributed by atoms with Crippen molar-refractivity contribution < 1.29 is 44.7 Å². The lowest BCUT2D eigenvalue weighted by atomic mass is 9.98. The van der Waals surface area contributed by atoms with E-state index in [9.17, 15) is 40.0 Å². The van der Waals surface area contributed by atoms with E-state index < -0.39 is 60.5 Å². The number of halogens is 2. The van der Waals surface area contributed by atoms with Crippen LogP contribution < -0.4 is 15.5 Å². The van der Waals surface area contributed by atoms with E-state index in [0.717, 1.165) is 31.6 Å². The molecule has 20 heteroatoms. The van der Waals surface area contributed by atoms with Crippen LogP contribution in [0.4, 0.5) is 30.8 Å². The van der Waals surface area contributed by atoms with Gasteiger partial charge in [0.15, 0.2) is 5.82 Å². The van der Waals surface area contributed by atoms with Gasteiger partial charge in [-0.25, -0.2) is 34.4 Å². The molecule has 2 N–H and O–H groups in total. The van der Waals surface area contributed by atoms with E-state index in [2.05, 4.69) is 25.5 Å². The highest BCUT2D eigenvalue weighted by molar-refractivity contribution is 7.90. The van der Waals surface area contributed by atoms with Gasteiger partial charge in [-0.05, 0) is 75.8 Å². The minimum atomic E-state index is -4.53. The fourth-order valence-corrected chi connectivity index (χ4v) is 10.4. The van der Waals surface area contributed by atoms with E-state index >= 15 is 0 Å². The van der Waals surface area contributed by atoms with Crippen molar-refractivity contribution in [3.63, 3.8) is 0 Å². The number of piperazine rings is 1. The molecule has 2 aromatic heterocycles. The number of likely N-dealkylation sites (N-methyl/N-ethyl adjacent to an activating group) is 1. The number of ether oxygens (including phenoxy) is 1. The molecule has 1 fully saturated rings. The second-order valence-electron chi connectivity index (χ2n) is 14.7. The number of carbonyl (C=O) groups is 3. The van der Waals surface area contributed by atoms with Crippen molar-refractivity contribution in [1.82, 2.24) is 23.0 Å². The fourth-order valence-electron chi connectivity index (χ4n) is 7.46. The molecule has 1 atom stereocenters. The molecule has 2 amide bonds. The van der Waals surface area contributed by atoms with Crippen LogP contribution >= 0.6 is 0 Å². The number of amides is 2. The largest absolute Gasteiger partial charge is 0.448 e. The van der Waals surface area contributed by atoms with Gasteiger partial charge in [-0.15, -0.1) is 5.10 Å². The van der Waals surface area contributed by atoms with E-state index in [1.54, 1.807) is 38.1 Å². The van der Waals surface area contributed by atoms with Crippen molar-refractivity contribution in [1.29, 1.82) is 0 Å². The highest BCUT2D eigenvalue weighted by atomic mass is 32.2. The monoisotopic (exact) mass is 878 g/mol. The maximum absolute atomic E-state index is 14.4. The van der Waals surface area contributed by atoms with Crippen LogP contribution in [0.25, 0.3) is 0 Å². The number of aryl methyl sites for hydroxylation is 1. The fraction of sp³-hybridized carbons (Fsp3) is 0.317. The molecule has 61 heavy (non-hydrogen) atoms. The Morgan fingerprint density at radius 2 is 1.51 bits per heavy atom. The number of carbonyl (C=O) groups excluding carboxylic acids is 3. The van der Waals surface area contributed by atoms with Gasteiger partial charge < -0.3 is 25.2 Å². The second-order valence-corrected chi connectivity index (χ2v) is 18.4. The first-order chi connectivity index (χ1) is 29.0. The van der Waals surface area contributed by atoms with Gasteiger partial charge in [-0.3, -0.25) is 9.59 Å². The topological polar surface area (TPSA) is 185 Å². The second kappa shape index (κ2) is 17.2. The van der Waals surface area contributed by atoms with Crippen LogP contribution in [-0.4, -0.2) is 104 Å². The number of nitrogens with zero attached hydrogens (tertiary/aromatic N) is 6. The number of hydrogen-bond donors (Lipinski definition) is 2. The Balaban J connectivity index is 1.25. The number of fused-ring (bicyclic) bond motifs is 1. The van der Waals surface area contributed by atoms with E-state index in [1.807, 2.05) is 14.0 Å². The van der Waals surface area contributed by atoms with Crippen molar-refractivity contribution in [3.05, 3.63) is 119 Å². The molecule has 5 aromatic rings. The smallest absolute Gasteiger partial charge is 0.434 e. The summed E-state index contributed by atoms with van der Waals surface area (Å²) in [5.74, 6) is -3.85. The molecule has 0 spiro atoms. The van der Waals surface area contributed by atoms with Gasteiger partial charge in [0.05, 0.1) is 44.9 Å². The zero-order valence-electron chi connectivity index (χ0n) is 33.8. The molecular weight excluding hydrogens is 835 g/mol. The quantitative estimate of drug-likeness (QED) is 0.172. The number of anilines is 3. The molecule has 1 saturated heterocycles. The Morgan fingerprint density at radius 3 is 2.16 bits per heavy atom. The molecule has 322 valence electrons. The van der Waals surface area contributed by atoms with Crippen LogP contribution in [0, 0.1) is 18.6 Å². The lowest BCUT2D eigenvalue weighted by Crippen LogP contribution is -2.44. The summed E-state index contributed by atoms with van der Waals surface area (Å²) in [5, 5.41) is 9.90. The van der Waals surface area contributed by atoms with Crippen molar-refractivity contribution in [2.24, 2.45) is 0 Å². The van der Waals surface area contributed by atoms with Gasteiger partial charge >= 0.3 is 6.09 Å². The van der Waals surface area contributed by atoms with Gasteiger partial charge in [0.1, 0.15) is 11.6 Å². The number of aromatic nitrogens is 3. The highest BCUT2D eigenvalue weighted by Gasteiger charge is 2.41. The lowest BCUT2D eigenvalue weighted by Gasteiger charge is -2.34. The average Bonchev–Trinajstić information content (AvgIpc) is 3.87. The number of nitrogens with one attached hydrogen (secondary N) is 2. The van der Waals surface area contributed by atoms with Crippen molar-refractivity contribution in [2.75, 3.05) is 61.9 Å². The van der Waals surface area contributed by atoms with Crippen molar-refractivity contribution >= 4 is 55.1 Å². The van der Waals surface area contributed by atoms with Crippen molar-refractivity contribution in [2.45, 2.75) is 49.4 Å². The number of benzene rings is 3. The number of hydrogen-bond acceptors (Lipinski definition) is 11. The zero-order valence-corrected chi connectivity index (χ0v) is 35.4. The first kappa shape index (κ1) is 43.1. The molecule has 4 heterocycles. The molecule has 0 saturated carbocycles. The Kier molecular flexibility index (Phi) is 12.2. The summed E-state index contributed by atoms with van der Waals surface area (Å²) in [4.78, 5) is 45.1. The Hall–Kier alpha value is -5.96. The third-order valence-electron chi connectivity index (χ3n) is 10.7. The van der Waals surface area contributed by atoms with Gasteiger partial charge in [0.25, 0.3) is 21.8 Å². The summed E-state index contributed by atoms with van der Waals surface area (Å²) in [5.41, 5.74) is 2.02. The molecule has 3 aromatic carbocycles. The van der Waals surface area contributed by atoms with E-state index in [0.29, 0.717) is 37.0 Å². The molecule has 0 aliphatic carbocycles. The minimum Gasteiger partial charge on any atom is -0.448 e. The van der Waals surface area contributed by atoms with Gasteiger partial charge in [0, 0.05) is 68.9 Å². The molecule has 0 bridgehead atoms. The summed E-state index contributed by atoms with van der Waals surface area (Å²) in [6.45, 7) is 7.74. The number of sulfonamides is 1. The van der Waals surface area contributed by atoms with Crippen LogP contribution in [0.1, 0.15) is 63.8 Å².